The zero-order valence-corrected chi connectivity index (χ0v) is 11.8. The molecule has 4 nitrogen and oxygen atoms in total. The van der Waals surface area contributed by atoms with E-state index >= 15 is 0 Å². The van der Waals surface area contributed by atoms with Gasteiger partial charge in [-0.3, -0.25) is 4.79 Å². The van der Waals surface area contributed by atoms with Gasteiger partial charge in [-0.25, -0.2) is 0 Å². The summed E-state index contributed by atoms with van der Waals surface area (Å²) in [5.41, 5.74) is -2.22. The van der Waals surface area contributed by atoms with Gasteiger partial charge in [-0.15, -0.1) is 0 Å². The highest BCUT2D eigenvalue weighted by Crippen LogP contribution is 2.51. The van der Waals surface area contributed by atoms with Crippen LogP contribution in [0.15, 0.2) is 35.4 Å². The van der Waals surface area contributed by atoms with E-state index in [9.17, 15) is 23.1 Å². The van der Waals surface area contributed by atoms with E-state index in [0.717, 1.165) is 5.56 Å². The van der Waals surface area contributed by atoms with Crippen LogP contribution in [0.25, 0.3) is 0 Å². The highest BCUT2D eigenvalue weighted by atomic mass is 19.4. The van der Waals surface area contributed by atoms with Gasteiger partial charge in [0.1, 0.15) is 0 Å². The fraction of sp³-hybridized carbons (Fsp3) is 0.467. The predicted molar refractivity (Wildman–Crippen MR) is 72.9 cm³/mol. The normalized spacial score (nSPS) is 31.1. The zero-order chi connectivity index (χ0) is 16.1. The predicted octanol–water partition coefficient (Wildman–Crippen LogP) is 2.65. The second-order valence-corrected chi connectivity index (χ2v) is 5.84. The number of halogens is 3. The minimum atomic E-state index is -4.94. The minimum Gasteiger partial charge on any atom is -0.362 e. The van der Waals surface area contributed by atoms with Crippen LogP contribution in [-0.4, -0.2) is 33.6 Å². The van der Waals surface area contributed by atoms with Crippen LogP contribution in [0.1, 0.15) is 31.2 Å². The Morgan fingerprint density at radius 2 is 2.00 bits per heavy atom. The minimum absolute atomic E-state index is 0.0880. The molecule has 1 saturated carbocycles. The molecule has 1 aromatic rings. The molecule has 0 aromatic heterocycles. The zero-order valence-electron chi connectivity index (χ0n) is 11.8. The Hall–Kier alpha value is -1.89. The summed E-state index contributed by atoms with van der Waals surface area (Å²) in [5.74, 6) is -1.45. The van der Waals surface area contributed by atoms with Crippen molar-refractivity contribution in [2.75, 3.05) is 0 Å². The average Bonchev–Trinajstić information content (AvgIpc) is 3.18. The van der Waals surface area contributed by atoms with Gasteiger partial charge in [0, 0.05) is 18.1 Å². The maximum absolute atomic E-state index is 13.1. The maximum Gasteiger partial charge on any atom is 0.438 e. The van der Waals surface area contributed by atoms with E-state index in [4.69, 9.17) is 0 Å². The van der Waals surface area contributed by atoms with Crippen LogP contribution >= 0.6 is 0 Å². The van der Waals surface area contributed by atoms with Crippen LogP contribution in [0.3, 0.4) is 0 Å². The molecule has 1 aromatic carbocycles. The Morgan fingerprint density at radius 3 is 2.59 bits per heavy atom. The van der Waals surface area contributed by atoms with Gasteiger partial charge < -0.3 is 5.11 Å². The molecular weight excluding hydrogens is 297 g/mol. The summed E-state index contributed by atoms with van der Waals surface area (Å²) in [6.07, 6.45) is -5.17. The van der Waals surface area contributed by atoms with Gasteiger partial charge in [0.25, 0.3) is 5.72 Å². The molecule has 0 radical (unpaired) electrons. The lowest BCUT2D eigenvalue weighted by atomic mass is 10.1. The number of hydrogen-bond donors (Lipinski definition) is 1. The molecule has 1 aliphatic heterocycles. The van der Waals surface area contributed by atoms with Crippen LogP contribution in [0.4, 0.5) is 13.2 Å². The molecule has 0 spiro atoms. The van der Waals surface area contributed by atoms with Crippen molar-refractivity contribution in [2.24, 2.45) is 11.0 Å². The first-order valence-electron chi connectivity index (χ1n) is 6.96. The molecule has 0 saturated heterocycles. The number of carbonyl (C=O) groups excluding carboxylic acids is 1. The number of carbonyl (C=O) groups is 1. The van der Waals surface area contributed by atoms with Gasteiger partial charge in [0.2, 0.25) is 5.91 Å². The number of hydrogen-bond acceptors (Lipinski definition) is 3. The van der Waals surface area contributed by atoms with E-state index in [1.54, 1.807) is 0 Å². The third-order valence-electron chi connectivity index (χ3n) is 4.12. The summed E-state index contributed by atoms with van der Waals surface area (Å²) < 4.78 is 39.3. The Kier molecular flexibility index (Phi) is 3.28. The summed E-state index contributed by atoms with van der Waals surface area (Å²) in [6.45, 7) is 1.37. The monoisotopic (exact) mass is 312 g/mol. The highest BCUT2D eigenvalue weighted by Gasteiger charge is 2.64. The lowest BCUT2D eigenvalue weighted by Gasteiger charge is -2.32. The van der Waals surface area contributed by atoms with Crippen molar-refractivity contribution < 1.29 is 23.1 Å². The van der Waals surface area contributed by atoms with Crippen molar-refractivity contribution in [2.45, 2.75) is 37.6 Å². The first-order chi connectivity index (χ1) is 10.2. The first-order valence-corrected chi connectivity index (χ1v) is 6.96. The quantitative estimate of drug-likeness (QED) is 0.913. The van der Waals surface area contributed by atoms with Gasteiger partial charge in [0.15, 0.2) is 0 Å². The molecule has 3 atom stereocenters. The summed E-state index contributed by atoms with van der Waals surface area (Å²) in [6, 6.07) is 9.15. The third-order valence-corrected chi connectivity index (χ3v) is 4.12. The molecule has 1 N–H and O–H groups in total. The largest absolute Gasteiger partial charge is 0.438 e. The molecule has 7 heteroatoms. The smallest absolute Gasteiger partial charge is 0.362 e. The lowest BCUT2D eigenvalue weighted by molar-refractivity contribution is -0.302. The van der Waals surface area contributed by atoms with Crippen LogP contribution in [-0.2, 0) is 4.79 Å². The number of rotatable bonds is 2. The van der Waals surface area contributed by atoms with E-state index < -0.39 is 30.1 Å². The topological polar surface area (TPSA) is 52.9 Å². The second-order valence-electron chi connectivity index (χ2n) is 5.84. The van der Waals surface area contributed by atoms with Crippen molar-refractivity contribution in [1.82, 2.24) is 5.01 Å². The first kappa shape index (κ1) is 15.0. The van der Waals surface area contributed by atoms with Crippen molar-refractivity contribution >= 4 is 11.6 Å². The molecule has 2 aliphatic rings. The van der Waals surface area contributed by atoms with E-state index in [0.29, 0.717) is 6.42 Å². The van der Waals surface area contributed by atoms with E-state index in [1.807, 2.05) is 30.3 Å². The molecule has 1 fully saturated rings. The van der Waals surface area contributed by atoms with Crippen LogP contribution in [0, 0.1) is 5.92 Å². The number of aliphatic hydroxyl groups is 1. The Labute approximate surface area is 125 Å². The maximum atomic E-state index is 13.1. The Balaban J connectivity index is 1.81. The molecule has 1 heterocycles. The van der Waals surface area contributed by atoms with Crippen molar-refractivity contribution in [3.05, 3.63) is 35.9 Å². The van der Waals surface area contributed by atoms with E-state index in [1.165, 1.54) is 6.92 Å². The Bertz CT molecular complexity index is 629. The average molecular weight is 312 g/mol. The van der Waals surface area contributed by atoms with E-state index in [2.05, 4.69) is 5.10 Å². The standard InChI is InChI=1S/C15H15F3N2O2/c1-9-8-14(22,15(16,17)18)20(19-9)13(21)12-7-11(12)10-5-3-2-4-6-10/h2-6,11-12,22H,7-8H2,1H3/t11-,12-,14+/m1/s1. The summed E-state index contributed by atoms with van der Waals surface area (Å²) in [4.78, 5) is 12.4. The van der Waals surface area contributed by atoms with Crippen LogP contribution in [0.2, 0.25) is 0 Å². The van der Waals surface area contributed by atoms with Crippen LogP contribution < -0.4 is 0 Å². The lowest BCUT2D eigenvalue weighted by Crippen LogP contribution is -2.57. The molecule has 1 aliphatic carbocycles. The number of alkyl halides is 3. The van der Waals surface area contributed by atoms with Gasteiger partial charge in [-0.1, -0.05) is 30.3 Å². The molecule has 0 bridgehead atoms. The van der Waals surface area contributed by atoms with Crippen molar-refractivity contribution in [3.63, 3.8) is 0 Å². The van der Waals surface area contributed by atoms with Gasteiger partial charge in [-0.2, -0.15) is 23.3 Å². The summed E-state index contributed by atoms with van der Waals surface area (Å²) in [5, 5.41) is 13.8. The number of hydrazone groups is 1. The fourth-order valence-corrected chi connectivity index (χ4v) is 2.87. The molecule has 22 heavy (non-hydrogen) atoms. The summed E-state index contributed by atoms with van der Waals surface area (Å²) >= 11 is 0. The second kappa shape index (κ2) is 4.81. The molecule has 1 amide bonds. The third kappa shape index (κ3) is 2.29. The molecule has 0 unspecified atom stereocenters. The van der Waals surface area contributed by atoms with Crippen molar-refractivity contribution in [1.29, 1.82) is 0 Å². The number of amides is 1. The van der Waals surface area contributed by atoms with Gasteiger partial charge >= 0.3 is 6.18 Å². The van der Waals surface area contributed by atoms with Crippen LogP contribution in [0.5, 0.6) is 0 Å². The molecule has 118 valence electrons. The van der Waals surface area contributed by atoms with Gasteiger partial charge in [0.05, 0.1) is 0 Å². The SMILES string of the molecule is CC1=NN(C(=O)[C@@H]2C[C@@H]2c2ccccc2)[C@@](O)(C(F)(F)F)C1. The number of benzene rings is 1. The highest BCUT2D eigenvalue weighted by molar-refractivity contribution is 5.91. The van der Waals surface area contributed by atoms with E-state index in [-0.39, 0.29) is 16.6 Å². The molecular formula is C15H15F3N2O2. The summed E-state index contributed by atoms with van der Waals surface area (Å²) in [7, 11) is 0. The molecule has 3 rings (SSSR count). The Morgan fingerprint density at radius 1 is 1.36 bits per heavy atom. The van der Waals surface area contributed by atoms with Gasteiger partial charge in [-0.05, 0) is 24.8 Å². The number of nitrogens with zero attached hydrogens (tertiary/aromatic N) is 2. The van der Waals surface area contributed by atoms with Crippen molar-refractivity contribution in [3.8, 4) is 0 Å². The fourth-order valence-electron chi connectivity index (χ4n) is 2.87.